The van der Waals surface area contributed by atoms with Crippen molar-refractivity contribution in [2.45, 2.75) is 29.4 Å². The Labute approximate surface area is 159 Å². The maximum Gasteiger partial charge on any atom is 0.261 e. The first-order valence-electron chi connectivity index (χ1n) is 8.31. The number of anilines is 1. The van der Waals surface area contributed by atoms with E-state index in [2.05, 4.69) is 29.8 Å². The number of para-hydroxylation sites is 1. The minimum atomic E-state index is -3.61. The van der Waals surface area contributed by atoms with Crippen molar-refractivity contribution in [3.8, 4) is 0 Å². The van der Waals surface area contributed by atoms with E-state index in [0.29, 0.717) is 5.69 Å². The molecule has 0 spiro atoms. The number of hydrogen-bond acceptors (Lipinski definition) is 3. The first kappa shape index (κ1) is 18.5. The van der Waals surface area contributed by atoms with Crippen LogP contribution in [-0.4, -0.2) is 8.42 Å². The summed E-state index contributed by atoms with van der Waals surface area (Å²) in [5.41, 5.74) is 4.06. The molecule has 3 rings (SSSR count). The van der Waals surface area contributed by atoms with Crippen LogP contribution in [0.4, 0.5) is 5.69 Å². The Bertz CT molecular complexity index is 997. The summed E-state index contributed by atoms with van der Waals surface area (Å²) in [6.07, 6.45) is 0. The van der Waals surface area contributed by atoms with Crippen LogP contribution in [-0.2, 0) is 15.8 Å². The molecule has 0 fully saturated rings. The van der Waals surface area contributed by atoms with Gasteiger partial charge >= 0.3 is 0 Å². The first-order chi connectivity index (χ1) is 12.4. The number of thioether (sulfide) groups is 1. The molecular weight excluding hydrogens is 362 g/mol. The Kier molecular flexibility index (Phi) is 5.69. The van der Waals surface area contributed by atoms with Gasteiger partial charge in [0.25, 0.3) is 10.0 Å². The minimum absolute atomic E-state index is 0.265. The van der Waals surface area contributed by atoms with Crippen molar-refractivity contribution in [1.29, 1.82) is 0 Å². The van der Waals surface area contributed by atoms with E-state index in [4.69, 9.17) is 0 Å². The van der Waals surface area contributed by atoms with Crippen LogP contribution in [0.25, 0.3) is 0 Å². The van der Waals surface area contributed by atoms with E-state index in [1.54, 1.807) is 42.1 Å². The van der Waals surface area contributed by atoms with Gasteiger partial charge in [-0.3, -0.25) is 4.72 Å². The van der Waals surface area contributed by atoms with Gasteiger partial charge in [0.2, 0.25) is 0 Å². The molecule has 0 heterocycles. The number of rotatable bonds is 6. The molecule has 26 heavy (non-hydrogen) atoms. The number of benzene rings is 3. The topological polar surface area (TPSA) is 46.2 Å². The van der Waals surface area contributed by atoms with Crippen LogP contribution < -0.4 is 4.72 Å². The van der Waals surface area contributed by atoms with E-state index < -0.39 is 10.0 Å². The predicted molar refractivity (Wildman–Crippen MR) is 109 cm³/mol. The smallest absolute Gasteiger partial charge is 0.261 e. The first-order valence-corrected chi connectivity index (χ1v) is 10.8. The van der Waals surface area contributed by atoms with Crippen molar-refractivity contribution >= 4 is 27.5 Å². The molecule has 0 atom stereocenters. The molecule has 0 radical (unpaired) electrons. The standard InChI is InChI=1S/C21H21NO2S2/c1-16-10-12-19(13-11-16)26(23,24)22-20-8-3-4-9-21(20)25-15-18-7-5-6-17(2)14-18/h3-14,22H,15H2,1-2H3. The normalized spacial score (nSPS) is 11.3. The van der Waals surface area contributed by atoms with Crippen molar-refractivity contribution in [3.63, 3.8) is 0 Å². The second kappa shape index (κ2) is 7.98. The van der Waals surface area contributed by atoms with E-state index in [1.807, 2.05) is 31.2 Å². The van der Waals surface area contributed by atoms with Gasteiger partial charge in [0.1, 0.15) is 0 Å². The highest BCUT2D eigenvalue weighted by atomic mass is 32.2. The van der Waals surface area contributed by atoms with E-state index >= 15 is 0 Å². The molecule has 0 aliphatic heterocycles. The highest BCUT2D eigenvalue weighted by molar-refractivity contribution is 7.98. The molecule has 0 amide bonds. The van der Waals surface area contributed by atoms with Crippen LogP contribution in [0, 0.1) is 13.8 Å². The van der Waals surface area contributed by atoms with Gasteiger partial charge in [-0.1, -0.05) is 59.7 Å². The van der Waals surface area contributed by atoms with Crippen LogP contribution in [0.2, 0.25) is 0 Å². The third kappa shape index (κ3) is 4.68. The van der Waals surface area contributed by atoms with Gasteiger partial charge in [-0.15, -0.1) is 11.8 Å². The van der Waals surface area contributed by atoms with Gasteiger partial charge < -0.3 is 0 Å². The molecule has 3 nitrogen and oxygen atoms in total. The zero-order chi connectivity index (χ0) is 18.6. The van der Waals surface area contributed by atoms with Crippen LogP contribution in [0.3, 0.4) is 0 Å². The molecule has 3 aromatic rings. The number of hydrogen-bond donors (Lipinski definition) is 1. The maximum atomic E-state index is 12.7. The Morgan fingerprint density at radius 3 is 2.31 bits per heavy atom. The predicted octanol–water partition coefficient (Wildman–Crippen LogP) is 5.40. The van der Waals surface area contributed by atoms with Gasteiger partial charge in [-0.05, 0) is 43.7 Å². The molecule has 3 aromatic carbocycles. The lowest BCUT2D eigenvalue weighted by Gasteiger charge is -2.13. The van der Waals surface area contributed by atoms with Crippen molar-refractivity contribution in [2.75, 3.05) is 4.72 Å². The lowest BCUT2D eigenvalue weighted by Crippen LogP contribution is -2.13. The molecule has 0 aliphatic rings. The second-order valence-corrected chi connectivity index (χ2v) is 8.89. The molecule has 0 saturated carbocycles. The van der Waals surface area contributed by atoms with E-state index in [9.17, 15) is 8.42 Å². The summed E-state index contributed by atoms with van der Waals surface area (Å²) in [6.45, 7) is 4.00. The van der Waals surface area contributed by atoms with Crippen molar-refractivity contribution in [2.24, 2.45) is 0 Å². The lowest BCUT2D eigenvalue weighted by molar-refractivity contribution is 0.601. The Hall–Kier alpha value is -2.24. The summed E-state index contributed by atoms with van der Waals surface area (Å²) in [6, 6.07) is 22.7. The summed E-state index contributed by atoms with van der Waals surface area (Å²) in [7, 11) is -3.61. The summed E-state index contributed by atoms with van der Waals surface area (Å²) in [4.78, 5) is 1.17. The van der Waals surface area contributed by atoms with Gasteiger partial charge in [-0.25, -0.2) is 8.42 Å². The quantitative estimate of drug-likeness (QED) is 0.580. The molecule has 134 valence electrons. The monoisotopic (exact) mass is 383 g/mol. The Morgan fingerprint density at radius 1 is 0.846 bits per heavy atom. The SMILES string of the molecule is Cc1ccc(S(=O)(=O)Nc2ccccc2SCc2cccc(C)c2)cc1. The molecule has 5 heteroatoms. The highest BCUT2D eigenvalue weighted by Crippen LogP contribution is 2.31. The van der Waals surface area contributed by atoms with Crippen molar-refractivity contribution < 1.29 is 8.42 Å². The molecular formula is C21H21NO2S2. The van der Waals surface area contributed by atoms with Crippen LogP contribution >= 0.6 is 11.8 Å². The van der Waals surface area contributed by atoms with E-state index in [0.717, 1.165) is 16.2 Å². The lowest BCUT2D eigenvalue weighted by atomic mass is 10.2. The van der Waals surface area contributed by atoms with Crippen LogP contribution in [0.1, 0.15) is 16.7 Å². The molecule has 0 saturated heterocycles. The minimum Gasteiger partial charge on any atom is -0.278 e. The fraction of sp³-hybridized carbons (Fsp3) is 0.143. The number of sulfonamides is 1. The van der Waals surface area contributed by atoms with Gasteiger partial charge in [0.15, 0.2) is 0 Å². The number of aryl methyl sites for hydroxylation is 2. The molecule has 0 unspecified atom stereocenters. The zero-order valence-electron chi connectivity index (χ0n) is 14.8. The summed E-state index contributed by atoms with van der Waals surface area (Å²) < 4.78 is 28.0. The van der Waals surface area contributed by atoms with E-state index in [1.165, 1.54) is 11.1 Å². The zero-order valence-corrected chi connectivity index (χ0v) is 16.4. The summed E-state index contributed by atoms with van der Waals surface area (Å²) in [5.74, 6) is 0.783. The van der Waals surface area contributed by atoms with E-state index in [-0.39, 0.29) is 4.90 Å². The number of nitrogens with one attached hydrogen (secondary N) is 1. The van der Waals surface area contributed by atoms with Gasteiger partial charge in [0.05, 0.1) is 10.6 Å². The maximum absolute atomic E-state index is 12.7. The van der Waals surface area contributed by atoms with Crippen molar-refractivity contribution in [3.05, 3.63) is 89.5 Å². The highest BCUT2D eigenvalue weighted by Gasteiger charge is 2.15. The molecule has 0 bridgehead atoms. The average molecular weight is 384 g/mol. The Morgan fingerprint density at radius 2 is 1.58 bits per heavy atom. The van der Waals surface area contributed by atoms with Crippen LogP contribution in [0.15, 0.2) is 82.6 Å². The van der Waals surface area contributed by atoms with Crippen molar-refractivity contribution in [1.82, 2.24) is 0 Å². The third-order valence-electron chi connectivity index (χ3n) is 3.94. The van der Waals surface area contributed by atoms with Gasteiger partial charge in [0, 0.05) is 10.6 Å². The Balaban J connectivity index is 1.79. The fourth-order valence-electron chi connectivity index (χ4n) is 2.56. The van der Waals surface area contributed by atoms with Crippen LogP contribution in [0.5, 0.6) is 0 Å². The van der Waals surface area contributed by atoms with Gasteiger partial charge in [-0.2, -0.15) is 0 Å². The average Bonchev–Trinajstić information content (AvgIpc) is 2.61. The largest absolute Gasteiger partial charge is 0.278 e. The second-order valence-electron chi connectivity index (χ2n) is 6.19. The summed E-state index contributed by atoms with van der Waals surface area (Å²) >= 11 is 1.62. The fourth-order valence-corrected chi connectivity index (χ4v) is 4.66. The third-order valence-corrected chi connectivity index (χ3v) is 6.47. The molecule has 0 aromatic heterocycles. The molecule has 1 N–H and O–H groups in total. The summed E-state index contributed by atoms with van der Waals surface area (Å²) in [5, 5.41) is 0. The molecule has 0 aliphatic carbocycles.